The van der Waals surface area contributed by atoms with Crippen LogP contribution >= 0.6 is 11.6 Å². The predicted molar refractivity (Wildman–Crippen MR) is 106 cm³/mol. The van der Waals surface area contributed by atoms with E-state index in [1.165, 1.54) is 0 Å². The zero-order valence-corrected chi connectivity index (χ0v) is 16.5. The van der Waals surface area contributed by atoms with Crippen molar-refractivity contribution in [2.24, 2.45) is 0 Å². The molecular weight excluding hydrogens is 350 g/mol. The largest absolute Gasteiger partial charge is 0.491 e. The number of para-hydroxylation sites is 2. The Balaban J connectivity index is 2.03. The lowest BCUT2D eigenvalue weighted by atomic mass is 10.1. The Kier molecular flexibility index (Phi) is 7.34. The summed E-state index contributed by atoms with van der Waals surface area (Å²) >= 11 is 6.18. The quantitative estimate of drug-likeness (QED) is 0.616. The smallest absolute Gasteiger partial charge is 0.265 e. The Bertz CT molecular complexity index is 738. The van der Waals surface area contributed by atoms with Crippen molar-refractivity contribution in [2.75, 3.05) is 11.9 Å². The number of hydrogen-bond donors (Lipinski definition) is 1. The van der Waals surface area contributed by atoms with Crippen molar-refractivity contribution in [3.05, 3.63) is 52.5 Å². The third-order valence-electron chi connectivity index (χ3n) is 3.99. The van der Waals surface area contributed by atoms with Crippen molar-refractivity contribution in [2.45, 2.75) is 46.6 Å². The van der Waals surface area contributed by atoms with Crippen LogP contribution in [-0.4, -0.2) is 18.6 Å². The number of halogens is 1. The number of nitrogens with one attached hydrogen (secondary N) is 1. The number of carbonyl (C=O) groups is 1. The van der Waals surface area contributed by atoms with E-state index in [1.807, 2.05) is 50.2 Å². The maximum absolute atomic E-state index is 12.5. The minimum absolute atomic E-state index is 0.234. The summed E-state index contributed by atoms with van der Waals surface area (Å²) in [4.78, 5) is 12.5. The molecule has 5 heteroatoms. The molecule has 0 aliphatic carbocycles. The summed E-state index contributed by atoms with van der Waals surface area (Å²) in [7, 11) is 0. The lowest BCUT2D eigenvalue weighted by Gasteiger charge is -2.17. The normalized spacial score (nSPS) is 11.7. The number of anilines is 1. The topological polar surface area (TPSA) is 47.6 Å². The average Bonchev–Trinajstić information content (AvgIpc) is 2.61. The van der Waals surface area contributed by atoms with E-state index in [0.29, 0.717) is 28.8 Å². The van der Waals surface area contributed by atoms with Gasteiger partial charge in [0, 0.05) is 5.02 Å². The van der Waals surface area contributed by atoms with Crippen LogP contribution in [0.1, 0.15) is 37.8 Å². The molecule has 2 aromatic carbocycles. The second-order valence-electron chi connectivity index (χ2n) is 6.32. The van der Waals surface area contributed by atoms with Crippen LogP contribution in [0.25, 0.3) is 0 Å². The van der Waals surface area contributed by atoms with E-state index in [-0.39, 0.29) is 5.91 Å². The van der Waals surface area contributed by atoms with Gasteiger partial charge in [-0.25, -0.2) is 0 Å². The first-order valence-electron chi connectivity index (χ1n) is 8.88. The van der Waals surface area contributed by atoms with Crippen molar-refractivity contribution >= 4 is 23.2 Å². The molecule has 1 amide bonds. The lowest BCUT2D eigenvalue weighted by Crippen LogP contribution is -2.30. The monoisotopic (exact) mass is 375 g/mol. The highest BCUT2D eigenvalue weighted by atomic mass is 35.5. The van der Waals surface area contributed by atoms with Crippen LogP contribution in [0.4, 0.5) is 5.69 Å². The van der Waals surface area contributed by atoms with Crippen molar-refractivity contribution in [3.63, 3.8) is 0 Å². The highest BCUT2D eigenvalue weighted by Crippen LogP contribution is 2.27. The number of ether oxygens (including phenoxy) is 2. The Morgan fingerprint density at radius 1 is 1.19 bits per heavy atom. The number of benzene rings is 2. The maximum atomic E-state index is 12.5. The summed E-state index contributed by atoms with van der Waals surface area (Å²) in [5.41, 5.74) is 2.49. The SMILES string of the molecule is CCCCOc1ccccc1NC(=O)[C@@H](C)Oc1cc(C)c(Cl)c(C)c1. The molecule has 0 spiro atoms. The molecule has 0 heterocycles. The van der Waals surface area contributed by atoms with Gasteiger partial charge in [0.25, 0.3) is 5.91 Å². The predicted octanol–water partition coefficient (Wildman–Crippen LogP) is 5.54. The molecule has 1 atom stereocenters. The Morgan fingerprint density at radius 2 is 1.85 bits per heavy atom. The van der Waals surface area contributed by atoms with E-state index in [0.717, 1.165) is 24.0 Å². The van der Waals surface area contributed by atoms with Gasteiger partial charge in [-0.1, -0.05) is 37.1 Å². The minimum Gasteiger partial charge on any atom is -0.491 e. The van der Waals surface area contributed by atoms with E-state index >= 15 is 0 Å². The average molecular weight is 376 g/mol. The van der Waals surface area contributed by atoms with Crippen LogP contribution in [0.5, 0.6) is 11.5 Å². The first kappa shape index (κ1) is 20.1. The van der Waals surface area contributed by atoms with E-state index in [2.05, 4.69) is 12.2 Å². The Hall–Kier alpha value is -2.20. The maximum Gasteiger partial charge on any atom is 0.265 e. The van der Waals surface area contributed by atoms with Crippen LogP contribution in [0.15, 0.2) is 36.4 Å². The van der Waals surface area contributed by atoms with Gasteiger partial charge in [0.05, 0.1) is 12.3 Å². The van der Waals surface area contributed by atoms with Gasteiger partial charge in [0.15, 0.2) is 6.10 Å². The summed E-state index contributed by atoms with van der Waals surface area (Å²) in [5.74, 6) is 1.06. The van der Waals surface area contributed by atoms with Gasteiger partial charge in [0.2, 0.25) is 0 Å². The Labute approximate surface area is 160 Å². The molecule has 0 saturated carbocycles. The second-order valence-corrected chi connectivity index (χ2v) is 6.70. The van der Waals surface area contributed by atoms with Gasteiger partial charge < -0.3 is 14.8 Å². The van der Waals surface area contributed by atoms with Crippen molar-refractivity contribution in [3.8, 4) is 11.5 Å². The van der Waals surface area contributed by atoms with E-state index < -0.39 is 6.10 Å². The summed E-state index contributed by atoms with van der Waals surface area (Å²) in [6, 6.07) is 11.1. The van der Waals surface area contributed by atoms with Crippen LogP contribution in [0.3, 0.4) is 0 Å². The minimum atomic E-state index is -0.654. The standard InChI is InChI=1S/C21H26ClNO3/c1-5-6-11-25-19-10-8-7-9-18(19)23-21(24)16(4)26-17-12-14(2)20(22)15(3)13-17/h7-10,12-13,16H,5-6,11H2,1-4H3,(H,23,24)/t16-/m1/s1. The molecule has 0 aliphatic rings. The molecule has 2 aromatic rings. The van der Waals surface area contributed by atoms with Crippen LogP contribution in [-0.2, 0) is 4.79 Å². The fraction of sp³-hybridized carbons (Fsp3) is 0.381. The van der Waals surface area contributed by atoms with Crippen LogP contribution < -0.4 is 14.8 Å². The first-order chi connectivity index (χ1) is 12.4. The third kappa shape index (κ3) is 5.40. The molecule has 0 saturated heterocycles. The van der Waals surface area contributed by atoms with Gasteiger partial charge in [-0.2, -0.15) is 0 Å². The van der Waals surface area contributed by atoms with Crippen molar-refractivity contribution < 1.29 is 14.3 Å². The molecule has 0 aliphatic heterocycles. The third-order valence-corrected chi connectivity index (χ3v) is 4.59. The molecule has 140 valence electrons. The molecule has 1 N–H and O–H groups in total. The van der Waals surface area contributed by atoms with Crippen molar-refractivity contribution in [1.29, 1.82) is 0 Å². The Morgan fingerprint density at radius 3 is 2.50 bits per heavy atom. The zero-order chi connectivity index (χ0) is 19.1. The van der Waals surface area contributed by atoms with Gasteiger partial charge >= 0.3 is 0 Å². The molecule has 0 unspecified atom stereocenters. The molecule has 0 aromatic heterocycles. The molecule has 0 radical (unpaired) electrons. The lowest BCUT2D eigenvalue weighted by molar-refractivity contribution is -0.122. The number of amides is 1. The van der Waals surface area contributed by atoms with E-state index in [4.69, 9.17) is 21.1 Å². The number of unbranched alkanes of at least 4 members (excludes halogenated alkanes) is 1. The van der Waals surface area contributed by atoms with Gasteiger partial charge in [0.1, 0.15) is 11.5 Å². The van der Waals surface area contributed by atoms with Gasteiger partial charge in [-0.05, 0) is 62.6 Å². The summed E-state index contributed by atoms with van der Waals surface area (Å²) in [6.45, 7) is 8.28. The highest BCUT2D eigenvalue weighted by Gasteiger charge is 2.17. The molecule has 4 nitrogen and oxygen atoms in total. The first-order valence-corrected chi connectivity index (χ1v) is 9.26. The van der Waals surface area contributed by atoms with Crippen molar-refractivity contribution in [1.82, 2.24) is 0 Å². The summed E-state index contributed by atoms with van der Waals surface area (Å²) in [5, 5.41) is 3.60. The second kappa shape index (κ2) is 9.48. The van der Waals surface area contributed by atoms with Crippen LogP contribution in [0.2, 0.25) is 5.02 Å². The zero-order valence-electron chi connectivity index (χ0n) is 15.8. The highest BCUT2D eigenvalue weighted by molar-refractivity contribution is 6.32. The van der Waals surface area contributed by atoms with Gasteiger partial charge in [-0.3, -0.25) is 4.79 Å². The number of rotatable bonds is 8. The van der Waals surface area contributed by atoms with Crippen LogP contribution in [0, 0.1) is 13.8 Å². The van der Waals surface area contributed by atoms with E-state index in [9.17, 15) is 4.79 Å². The molecule has 0 fully saturated rings. The number of carbonyl (C=O) groups excluding carboxylic acids is 1. The molecule has 0 bridgehead atoms. The molecular formula is C21H26ClNO3. The van der Waals surface area contributed by atoms with Gasteiger partial charge in [-0.15, -0.1) is 0 Å². The number of aryl methyl sites for hydroxylation is 2. The van der Waals surface area contributed by atoms with E-state index in [1.54, 1.807) is 6.92 Å². The fourth-order valence-corrected chi connectivity index (χ4v) is 2.60. The number of hydrogen-bond acceptors (Lipinski definition) is 3. The summed E-state index contributed by atoms with van der Waals surface area (Å²) in [6.07, 6.45) is 1.37. The summed E-state index contributed by atoms with van der Waals surface area (Å²) < 4.78 is 11.5. The molecule has 26 heavy (non-hydrogen) atoms. The molecule has 2 rings (SSSR count). The fourth-order valence-electron chi connectivity index (χ4n) is 2.49.